The Morgan fingerprint density at radius 3 is 2.55 bits per heavy atom. The van der Waals surface area contributed by atoms with Crippen molar-refractivity contribution in [3.8, 4) is 5.75 Å². The Morgan fingerprint density at radius 1 is 1.15 bits per heavy atom. The van der Waals surface area contributed by atoms with Crippen molar-refractivity contribution in [2.45, 2.75) is 32.7 Å². The summed E-state index contributed by atoms with van der Waals surface area (Å²) in [5.74, 6) is 2.61. The van der Waals surface area contributed by atoms with E-state index in [4.69, 9.17) is 9.72 Å². The Hall–Kier alpha value is -3.06. The number of amides is 1. The summed E-state index contributed by atoms with van der Waals surface area (Å²) in [7, 11) is 5.86. The van der Waals surface area contributed by atoms with Gasteiger partial charge in [-0.25, -0.2) is 4.98 Å². The van der Waals surface area contributed by atoms with E-state index in [1.165, 1.54) is 12.8 Å². The van der Waals surface area contributed by atoms with Crippen molar-refractivity contribution < 1.29 is 9.53 Å². The van der Waals surface area contributed by atoms with Crippen LogP contribution in [0.2, 0.25) is 0 Å². The summed E-state index contributed by atoms with van der Waals surface area (Å²) in [5, 5.41) is 3.04. The van der Waals surface area contributed by atoms with E-state index in [1.54, 1.807) is 7.11 Å². The maximum absolute atomic E-state index is 13.0. The lowest BCUT2D eigenvalue weighted by atomic mass is 10.2. The molecule has 0 aliphatic heterocycles. The van der Waals surface area contributed by atoms with Crippen molar-refractivity contribution in [1.82, 2.24) is 19.6 Å². The highest BCUT2D eigenvalue weighted by molar-refractivity contribution is 5.94. The zero-order valence-corrected chi connectivity index (χ0v) is 20.2. The number of hydrogen-bond acceptors (Lipinski definition) is 5. The molecule has 0 spiro atoms. The monoisotopic (exact) mass is 449 g/mol. The Morgan fingerprint density at radius 2 is 1.91 bits per heavy atom. The number of hydrogen-bond donors (Lipinski definition) is 1. The maximum atomic E-state index is 13.0. The van der Waals surface area contributed by atoms with Gasteiger partial charge in [-0.15, -0.1) is 0 Å². The molecule has 0 atom stereocenters. The summed E-state index contributed by atoms with van der Waals surface area (Å²) in [4.78, 5) is 22.5. The second kappa shape index (κ2) is 10.3. The Labute approximate surface area is 196 Å². The van der Waals surface area contributed by atoms with Crippen molar-refractivity contribution >= 4 is 17.4 Å². The first-order chi connectivity index (χ1) is 16.0. The fraction of sp³-hybridized carbons (Fsp3) is 0.462. The van der Waals surface area contributed by atoms with Crippen LogP contribution in [0, 0.1) is 5.92 Å². The van der Waals surface area contributed by atoms with Crippen LogP contribution in [0.25, 0.3) is 5.65 Å². The first-order valence-electron chi connectivity index (χ1n) is 11.8. The molecule has 1 N–H and O–H groups in total. The number of methoxy groups -OCH3 is 1. The average Bonchev–Trinajstić information content (AvgIpc) is 3.57. The number of carbonyl (C=O) groups excluding carboxylic acids is 1. The molecular weight excluding hydrogens is 414 g/mol. The number of anilines is 1. The minimum absolute atomic E-state index is 0.0903. The van der Waals surface area contributed by atoms with Gasteiger partial charge < -0.3 is 19.9 Å². The normalized spacial score (nSPS) is 13.5. The van der Waals surface area contributed by atoms with Gasteiger partial charge in [-0.05, 0) is 69.1 Å². The number of aryl methyl sites for hydroxylation is 1. The number of rotatable bonds is 11. The molecule has 0 unspecified atom stereocenters. The predicted octanol–water partition coefficient (Wildman–Crippen LogP) is 3.61. The number of imidazole rings is 1. The van der Waals surface area contributed by atoms with E-state index >= 15 is 0 Å². The lowest BCUT2D eigenvalue weighted by Crippen LogP contribution is -2.34. The van der Waals surface area contributed by atoms with Crippen LogP contribution in [0.5, 0.6) is 5.75 Å². The van der Waals surface area contributed by atoms with Crippen molar-refractivity contribution in [3.05, 3.63) is 59.4 Å². The standard InChI is InChI=1S/C26H35N5O2/c1-5-23-26(30(15-14-29(2)3)17-20-6-7-20)31-18-21(10-13-24(31)28-23)25(32)27-16-19-8-11-22(33-4)12-9-19/h8-13,18,20H,5-7,14-17H2,1-4H3,(H,27,32). The van der Waals surface area contributed by atoms with Crippen LogP contribution >= 0.6 is 0 Å². The van der Waals surface area contributed by atoms with Gasteiger partial charge in [-0.2, -0.15) is 0 Å². The third kappa shape index (κ3) is 5.66. The molecule has 0 radical (unpaired) electrons. The number of ether oxygens (including phenoxy) is 1. The molecule has 1 aliphatic carbocycles. The molecule has 0 bridgehead atoms. The predicted molar refractivity (Wildman–Crippen MR) is 132 cm³/mol. The molecule has 2 aromatic heterocycles. The van der Waals surface area contributed by atoms with E-state index < -0.39 is 0 Å². The summed E-state index contributed by atoms with van der Waals surface area (Å²) < 4.78 is 7.31. The van der Waals surface area contributed by atoms with Gasteiger partial charge in [0.25, 0.3) is 5.91 Å². The minimum atomic E-state index is -0.0903. The highest BCUT2D eigenvalue weighted by Gasteiger charge is 2.27. The van der Waals surface area contributed by atoms with Gasteiger partial charge in [0.15, 0.2) is 0 Å². The number of likely N-dealkylation sites (N-methyl/N-ethyl adjacent to an activating group) is 1. The molecule has 2 heterocycles. The highest BCUT2D eigenvalue weighted by Crippen LogP contribution is 2.33. The lowest BCUT2D eigenvalue weighted by Gasteiger charge is -2.27. The number of nitrogens with zero attached hydrogens (tertiary/aromatic N) is 4. The number of benzene rings is 1. The van der Waals surface area contributed by atoms with Gasteiger partial charge in [-0.3, -0.25) is 9.20 Å². The largest absolute Gasteiger partial charge is 0.497 e. The van der Waals surface area contributed by atoms with Gasteiger partial charge >= 0.3 is 0 Å². The number of carbonyl (C=O) groups is 1. The third-order valence-corrected chi connectivity index (χ3v) is 6.16. The molecule has 3 aromatic rings. The number of aromatic nitrogens is 2. The smallest absolute Gasteiger partial charge is 0.253 e. The molecule has 4 rings (SSSR count). The lowest BCUT2D eigenvalue weighted by molar-refractivity contribution is 0.0950. The van der Waals surface area contributed by atoms with E-state index in [-0.39, 0.29) is 5.91 Å². The molecule has 176 valence electrons. The number of pyridine rings is 1. The van der Waals surface area contributed by atoms with Crippen molar-refractivity contribution in [2.75, 3.05) is 45.7 Å². The zero-order valence-electron chi connectivity index (χ0n) is 20.2. The summed E-state index contributed by atoms with van der Waals surface area (Å²) in [6.45, 7) is 5.58. The van der Waals surface area contributed by atoms with Gasteiger partial charge in [-0.1, -0.05) is 19.1 Å². The SMILES string of the molecule is CCc1nc2ccc(C(=O)NCc3ccc(OC)cc3)cn2c1N(CCN(C)C)CC1CC1. The van der Waals surface area contributed by atoms with Crippen LogP contribution in [-0.4, -0.2) is 61.0 Å². The quantitative estimate of drug-likeness (QED) is 0.485. The van der Waals surface area contributed by atoms with Crippen LogP contribution < -0.4 is 15.0 Å². The molecule has 0 saturated heterocycles. The number of nitrogens with one attached hydrogen (secondary N) is 1. The second-order valence-corrected chi connectivity index (χ2v) is 9.11. The fourth-order valence-corrected chi connectivity index (χ4v) is 4.03. The molecular formula is C26H35N5O2. The van der Waals surface area contributed by atoms with E-state index in [9.17, 15) is 4.79 Å². The van der Waals surface area contributed by atoms with Gasteiger partial charge in [0.05, 0.1) is 18.4 Å². The second-order valence-electron chi connectivity index (χ2n) is 9.11. The summed E-state index contributed by atoms with van der Waals surface area (Å²) >= 11 is 0. The van der Waals surface area contributed by atoms with E-state index in [0.29, 0.717) is 12.1 Å². The van der Waals surface area contributed by atoms with Crippen LogP contribution in [0.3, 0.4) is 0 Å². The van der Waals surface area contributed by atoms with Crippen LogP contribution in [0.15, 0.2) is 42.6 Å². The summed E-state index contributed by atoms with van der Waals surface area (Å²) in [6.07, 6.45) is 5.40. The highest BCUT2D eigenvalue weighted by atomic mass is 16.5. The maximum Gasteiger partial charge on any atom is 0.253 e. The minimum Gasteiger partial charge on any atom is -0.497 e. The van der Waals surface area contributed by atoms with Crippen LogP contribution in [0.1, 0.15) is 41.4 Å². The number of fused-ring (bicyclic) bond motifs is 1. The fourth-order valence-electron chi connectivity index (χ4n) is 4.03. The Balaban J connectivity index is 1.57. The van der Waals surface area contributed by atoms with Crippen molar-refractivity contribution in [1.29, 1.82) is 0 Å². The molecule has 1 amide bonds. The average molecular weight is 450 g/mol. The molecule has 7 heteroatoms. The van der Waals surface area contributed by atoms with Crippen LogP contribution in [0.4, 0.5) is 5.82 Å². The van der Waals surface area contributed by atoms with Crippen molar-refractivity contribution in [3.63, 3.8) is 0 Å². The van der Waals surface area contributed by atoms with Crippen LogP contribution in [-0.2, 0) is 13.0 Å². The van der Waals surface area contributed by atoms with E-state index in [2.05, 4.69) is 40.5 Å². The molecule has 1 aromatic carbocycles. The molecule has 33 heavy (non-hydrogen) atoms. The molecule has 7 nitrogen and oxygen atoms in total. The third-order valence-electron chi connectivity index (χ3n) is 6.16. The summed E-state index contributed by atoms with van der Waals surface area (Å²) in [5.41, 5.74) is 3.64. The Kier molecular flexibility index (Phi) is 7.18. The Bertz CT molecular complexity index is 1090. The van der Waals surface area contributed by atoms with Gasteiger partial charge in [0.1, 0.15) is 17.2 Å². The van der Waals surface area contributed by atoms with Crippen molar-refractivity contribution in [2.24, 2.45) is 5.92 Å². The molecule has 1 fully saturated rings. The van der Waals surface area contributed by atoms with Gasteiger partial charge in [0, 0.05) is 32.4 Å². The first kappa shape index (κ1) is 23.1. The van der Waals surface area contributed by atoms with E-state index in [0.717, 1.165) is 60.4 Å². The summed E-state index contributed by atoms with van der Waals surface area (Å²) in [6, 6.07) is 11.5. The first-order valence-corrected chi connectivity index (χ1v) is 11.8. The molecule has 1 saturated carbocycles. The van der Waals surface area contributed by atoms with Gasteiger partial charge in [0.2, 0.25) is 0 Å². The van der Waals surface area contributed by atoms with E-state index in [1.807, 2.05) is 42.6 Å². The molecule has 1 aliphatic rings. The zero-order chi connectivity index (χ0) is 23.4. The topological polar surface area (TPSA) is 62.1 Å².